The van der Waals surface area contributed by atoms with Gasteiger partial charge in [0.1, 0.15) is 6.10 Å². The van der Waals surface area contributed by atoms with E-state index >= 15 is 0 Å². The van der Waals surface area contributed by atoms with Gasteiger partial charge in [-0.2, -0.15) is 48.3 Å². The van der Waals surface area contributed by atoms with Crippen molar-refractivity contribution in [1.82, 2.24) is 0 Å². The molecule has 1 heterocycles. The van der Waals surface area contributed by atoms with E-state index < -0.39 is 60.6 Å². The van der Waals surface area contributed by atoms with E-state index in [2.05, 4.69) is 0 Å². The van der Waals surface area contributed by atoms with Crippen molar-refractivity contribution in [2.75, 3.05) is 6.61 Å². The molecule has 29 heavy (non-hydrogen) atoms. The Morgan fingerprint density at radius 1 is 0.724 bits per heavy atom. The van der Waals surface area contributed by atoms with Crippen molar-refractivity contribution in [2.24, 2.45) is 0 Å². The van der Waals surface area contributed by atoms with Crippen LogP contribution in [0.5, 0.6) is 0 Å². The Labute approximate surface area is 155 Å². The highest BCUT2D eigenvalue weighted by Gasteiger charge is 2.87. The fraction of sp³-hybridized carbons (Fsp3) is 0.867. The summed E-state index contributed by atoms with van der Waals surface area (Å²) in [6, 6.07) is 0. The number of hydrogen-bond donors (Lipinski definition) is 0. The fourth-order valence-electron chi connectivity index (χ4n) is 2.97. The molecule has 14 heteroatoms. The van der Waals surface area contributed by atoms with Crippen molar-refractivity contribution < 1.29 is 62.2 Å². The third kappa shape index (κ3) is 3.93. The highest BCUT2D eigenvalue weighted by atomic mass is 19.4. The summed E-state index contributed by atoms with van der Waals surface area (Å²) in [5.41, 5.74) is 0. The lowest BCUT2D eigenvalue weighted by molar-refractivity contribution is -0.419. The minimum Gasteiger partial charge on any atom is -0.372 e. The number of allylic oxidation sites excluding steroid dienone is 1. The van der Waals surface area contributed by atoms with Crippen LogP contribution in [0, 0.1) is 0 Å². The highest BCUT2D eigenvalue weighted by molar-refractivity contribution is 5.18. The lowest BCUT2D eigenvalue weighted by atomic mass is 9.93. The van der Waals surface area contributed by atoms with Crippen molar-refractivity contribution in [1.29, 1.82) is 0 Å². The number of fused-ring (bicyclic) bond motifs is 1. The highest BCUT2D eigenvalue weighted by Crippen LogP contribution is 2.58. The van der Waals surface area contributed by atoms with Gasteiger partial charge in [0.15, 0.2) is 5.83 Å². The smallest absolute Gasteiger partial charge is 0.372 e. The molecular formula is C15H14F12O2. The zero-order valence-corrected chi connectivity index (χ0v) is 14.2. The first-order valence-corrected chi connectivity index (χ1v) is 8.19. The maximum absolute atomic E-state index is 13.7. The van der Waals surface area contributed by atoms with Crippen molar-refractivity contribution >= 4 is 0 Å². The number of ether oxygens (including phenoxy) is 2. The molecule has 1 saturated carbocycles. The Morgan fingerprint density at radius 2 is 1.24 bits per heavy atom. The second-order valence-corrected chi connectivity index (χ2v) is 6.68. The molecule has 2 nitrogen and oxygen atoms in total. The Kier molecular flexibility index (Phi) is 6.23. The van der Waals surface area contributed by atoms with Crippen LogP contribution in [-0.4, -0.2) is 54.8 Å². The molecule has 0 aromatic rings. The fourth-order valence-corrected chi connectivity index (χ4v) is 2.97. The molecule has 0 spiro atoms. The molecule has 170 valence electrons. The van der Waals surface area contributed by atoms with E-state index in [1.165, 1.54) is 0 Å². The third-order valence-electron chi connectivity index (χ3n) is 4.64. The van der Waals surface area contributed by atoms with Gasteiger partial charge in [-0.15, -0.1) is 0 Å². The normalized spacial score (nSPS) is 28.3. The maximum Gasteiger partial charge on any atom is 0.460 e. The van der Waals surface area contributed by atoms with E-state index in [4.69, 9.17) is 9.47 Å². The lowest BCUT2D eigenvalue weighted by Gasteiger charge is -2.39. The molecule has 0 unspecified atom stereocenters. The minimum absolute atomic E-state index is 0.346. The number of halogens is 12. The van der Waals surface area contributed by atoms with Crippen LogP contribution < -0.4 is 0 Å². The summed E-state index contributed by atoms with van der Waals surface area (Å²) in [5.74, 6) is -32.7. The Bertz CT molecular complexity index is 627. The first-order valence-electron chi connectivity index (χ1n) is 8.19. The van der Waals surface area contributed by atoms with Crippen LogP contribution in [0.4, 0.5) is 52.7 Å². The van der Waals surface area contributed by atoms with E-state index in [0.717, 1.165) is 6.42 Å². The quantitative estimate of drug-likeness (QED) is 0.499. The maximum atomic E-state index is 13.7. The Balaban J connectivity index is 2.28. The molecule has 0 amide bonds. The predicted octanol–water partition coefficient (Wildman–Crippen LogP) is 5.67. The number of hydrogen-bond acceptors (Lipinski definition) is 2. The monoisotopic (exact) mass is 454 g/mol. The van der Waals surface area contributed by atoms with Gasteiger partial charge in [-0.25, -0.2) is 4.39 Å². The molecular weight excluding hydrogens is 440 g/mol. The van der Waals surface area contributed by atoms with Crippen LogP contribution in [0.2, 0.25) is 0 Å². The molecule has 0 bridgehead atoms. The van der Waals surface area contributed by atoms with Gasteiger partial charge in [-0.3, -0.25) is 0 Å². The molecule has 0 N–H and O–H groups in total. The molecule has 0 aromatic carbocycles. The Hall–Kier alpha value is -1.18. The second-order valence-electron chi connectivity index (χ2n) is 6.68. The largest absolute Gasteiger partial charge is 0.460 e. The summed E-state index contributed by atoms with van der Waals surface area (Å²) >= 11 is 0. The van der Waals surface area contributed by atoms with Gasteiger partial charge in [-0.1, -0.05) is 12.8 Å². The average molecular weight is 454 g/mol. The van der Waals surface area contributed by atoms with Crippen LogP contribution >= 0.6 is 0 Å². The molecule has 2 fully saturated rings. The molecule has 1 aliphatic heterocycles. The number of rotatable bonds is 5. The molecule has 2 aliphatic rings. The minimum atomic E-state index is -7.66. The molecule has 1 saturated heterocycles. The van der Waals surface area contributed by atoms with E-state index in [9.17, 15) is 52.7 Å². The van der Waals surface area contributed by atoms with Gasteiger partial charge < -0.3 is 9.47 Å². The zero-order chi connectivity index (χ0) is 22.5. The lowest BCUT2D eigenvalue weighted by Crippen LogP contribution is -2.66. The van der Waals surface area contributed by atoms with Crippen LogP contribution in [0.3, 0.4) is 0 Å². The number of alkyl halides is 11. The summed E-state index contributed by atoms with van der Waals surface area (Å²) in [6.45, 7) is -0.634. The van der Waals surface area contributed by atoms with Gasteiger partial charge in [-0.05, 0) is 18.9 Å². The topological polar surface area (TPSA) is 18.5 Å². The summed E-state index contributed by atoms with van der Waals surface area (Å²) in [4.78, 5) is 0. The summed E-state index contributed by atoms with van der Waals surface area (Å²) in [5, 5.41) is 0. The van der Waals surface area contributed by atoms with Gasteiger partial charge >= 0.3 is 29.9 Å². The van der Waals surface area contributed by atoms with Crippen molar-refractivity contribution in [3.05, 3.63) is 11.9 Å². The predicted molar refractivity (Wildman–Crippen MR) is 71.9 cm³/mol. The van der Waals surface area contributed by atoms with Gasteiger partial charge in [0.05, 0.1) is 18.8 Å². The molecule has 3 atom stereocenters. The van der Waals surface area contributed by atoms with E-state index in [-0.39, 0.29) is 6.08 Å². The van der Waals surface area contributed by atoms with Crippen molar-refractivity contribution in [2.45, 2.75) is 73.9 Å². The van der Waals surface area contributed by atoms with Crippen molar-refractivity contribution in [3.8, 4) is 0 Å². The molecule has 0 radical (unpaired) electrons. The van der Waals surface area contributed by atoms with Crippen LogP contribution in [0.25, 0.3) is 0 Å². The second kappa shape index (κ2) is 7.50. The van der Waals surface area contributed by atoms with Gasteiger partial charge in [0.25, 0.3) is 0 Å². The summed E-state index contributed by atoms with van der Waals surface area (Å²) in [7, 11) is 0. The van der Waals surface area contributed by atoms with Crippen LogP contribution in [0.15, 0.2) is 11.9 Å². The van der Waals surface area contributed by atoms with Crippen LogP contribution in [-0.2, 0) is 9.47 Å². The Morgan fingerprint density at radius 3 is 1.76 bits per heavy atom. The molecule has 1 aliphatic carbocycles. The van der Waals surface area contributed by atoms with Crippen molar-refractivity contribution in [3.63, 3.8) is 0 Å². The average Bonchev–Trinajstić information content (AvgIpc) is 2.60. The van der Waals surface area contributed by atoms with Gasteiger partial charge in [0, 0.05) is 0 Å². The van der Waals surface area contributed by atoms with E-state index in [0.29, 0.717) is 19.3 Å². The molecule has 0 aromatic heterocycles. The van der Waals surface area contributed by atoms with Crippen LogP contribution in [0.1, 0.15) is 25.7 Å². The summed E-state index contributed by atoms with van der Waals surface area (Å²) < 4.78 is 166. The first-order chi connectivity index (χ1) is 13.0. The third-order valence-corrected chi connectivity index (χ3v) is 4.64. The van der Waals surface area contributed by atoms with E-state index in [1.54, 1.807) is 0 Å². The standard InChI is InChI=1S/C15H14F12O2/c16-10(5-7-6-28-8-3-1-2-4-9(8)29-7)11(17,18)12(19,20)13(21,22)14(23,24)15(25,26)27/h5,7-9H,1-4,6H2/b10-5-/t7-,8-,9-/m0/s1. The SMILES string of the molecule is F/C(=C\[C@H]1CO[C@H]2CCCC[C@@H]2O1)C(F)(F)C(F)(F)C(F)(F)C(F)(F)C(F)(F)F. The van der Waals surface area contributed by atoms with E-state index in [1.807, 2.05) is 0 Å². The first kappa shape index (κ1) is 24.1. The van der Waals surface area contributed by atoms with Gasteiger partial charge in [0.2, 0.25) is 0 Å². The summed E-state index contributed by atoms with van der Waals surface area (Å²) in [6.07, 6.45) is -8.43. The molecule has 2 rings (SSSR count). The zero-order valence-electron chi connectivity index (χ0n) is 14.2.